The predicted octanol–water partition coefficient (Wildman–Crippen LogP) is 2.07. The number of esters is 1. The Labute approximate surface area is 234 Å². The number of nitrogens with zero attached hydrogens (tertiary/aromatic N) is 1. The standard InChI is InChI=1S/C28H36BN3O8/c1-16(2)14-23(29-39-22(28(37)40-29)15-24(34)38-17(3)4)31-27(36)25(18(5)33)32-26(35)21-13-9-12-20(30-21)19-10-7-6-8-11-19/h6-13,16-18,22-23,25,33H,14-15H2,1-5H3,(H,31,36)(H,32,35)/t18-,22+,23+,25?/m1/s1. The van der Waals surface area contributed by atoms with Gasteiger partial charge in [-0.05, 0) is 45.2 Å². The summed E-state index contributed by atoms with van der Waals surface area (Å²) in [5.74, 6) is -3.44. The van der Waals surface area contributed by atoms with Crippen LogP contribution in [-0.2, 0) is 28.4 Å². The highest BCUT2D eigenvalue weighted by Crippen LogP contribution is 2.21. The summed E-state index contributed by atoms with van der Waals surface area (Å²) in [6.45, 7) is 8.57. The summed E-state index contributed by atoms with van der Waals surface area (Å²) in [6, 6.07) is 12.9. The second-order valence-electron chi connectivity index (χ2n) is 10.4. The Morgan fingerprint density at radius 2 is 1.73 bits per heavy atom. The van der Waals surface area contributed by atoms with Crippen molar-refractivity contribution >= 4 is 30.9 Å². The SMILES string of the molecule is CC(C)C[C@H](NC(=O)C(NC(=O)c1cccc(-c2ccccc2)n1)[C@@H](C)O)B1OC(=O)[C@H](CC(=O)OC(C)C)O1. The van der Waals surface area contributed by atoms with Gasteiger partial charge in [-0.2, -0.15) is 0 Å². The molecule has 1 aromatic carbocycles. The van der Waals surface area contributed by atoms with Crippen molar-refractivity contribution in [2.75, 3.05) is 0 Å². The fourth-order valence-electron chi connectivity index (χ4n) is 4.18. The summed E-state index contributed by atoms with van der Waals surface area (Å²) in [7, 11) is -1.16. The van der Waals surface area contributed by atoms with E-state index in [1.807, 2.05) is 44.2 Å². The molecule has 0 spiro atoms. The van der Waals surface area contributed by atoms with Gasteiger partial charge in [-0.15, -0.1) is 0 Å². The maximum absolute atomic E-state index is 13.3. The summed E-state index contributed by atoms with van der Waals surface area (Å²) in [5.41, 5.74) is 1.47. The van der Waals surface area contributed by atoms with E-state index in [1.54, 1.807) is 26.0 Å². The van der Waals surface area contributed by atoms with Gasteiger partial charge < -0.3 is 29.8 Å². The van der Waals surface area contributed by atoms with E-state index < -0.39 is 55.1 Å². The molecule has 1 aliphatic heterocycles. The molecule has 0 saturated carbocycles. The lowest BCUT2D eigenvalue weighted by Crippen LogP contribution is -2.57. The molecule has 1 aromatic heterocycles. The third-order valence-corrected chi connectivity index (χ3v) is 6.00. The highest BCUT2D eigenvalue weighted by molar-refractivity contribution is 6.51. The Hall–Kier alpha value is -3.77. The molecule has 0 bridgehead atoms. The Morgan fingerprint density at radius 3 is 2.35 bits per heavy atom. The molecule has 1 fully saturated rings. The second kappa shape index (κ2) is 14.0. The van der Waals surface area contributed by atoms with Crippen LogP contribution in [-0.4, -0.2) is 71.3 Å². The number of aliphatic hydroxyl groups excluding tert-OH is 1. The van der Waals surface area contributed by atoms with Crippen LogP contribution in [0.3, 0.4) is 0 Å². The molecule has 2 heterocycles. The first-order valence-corrected chi connectivity index (χ1v) is 13.3. The Balaban J connectivity index is 1.70. The van der Waals surface area contributed by atoms with Crippen molar-refractivity contribution in [3.63, 3.8) is 0 Å². The molecule has 4 atom stereocenters. The van der Waals surface area contributed by atoms with Gasteiger partial charge in [0, 0.05) is 5.56 Å². The van der Waals surface area contributed by atoms with Crippen LogP contribution in [0.4, 0.5) is 0 Å². The van der Waals surface area contributed by atoms with Crippen molar-refractivity contribution in [1.29, 1.82) is 0 Å². The number of rotatable bonds is 12. The Morgan fingerprint density at radius 1 is 1.02 bits per heavy atom. The zero-order valence-electron chi connectivity index (χ0n) is 23.3. The minimum atomic E-state index is -1.33. The summed E-state index contributed by atoms with van der Waals surface area (Å²) in [4.78, 5) is 55.1. The number of aromatic nitrogens is 1. The van der Waals surface area contributed by atoms with Gasteiger partial charge in [-0.3, -0.25) is 19.2 Å². The molecule has 3 N–H and O–H groups in total. The van der Waals surface area contributed by atoms with E-state index >= 15 is 0 Å². The summed E-state index contributed by atoms with van der Waals surface area (Å²) in [5, 5.41) is 15.7. The van der Waals surface area contributed by atoms with Gasteiger partial charge in [0.25, 0.3) is 5.91 Å². The van der Waals surface area contributed by atoms with E-state index in [4.69, 9.17) is 14.0 Å². The normalized spacial score (nSPS) is 17.2. The molecule has 2 aromatic rings. The van der Waals surface area contributed by atoms with Crippen LogP contribution in [0.25, 0.3) is 11.3 Å². The second-order valence-corrected chi connectivity index (χ2v) is 10.4. The average Bonchev–Trinajstić information content (AvgIpc) is 3.26. The van der Waals surface area contributed by atoms with Crippen molar-refractivity contribution < 1.29 is 38.3 Å². The number of carbonyl (C=O) groups excluding carboxylic acids is 4. The molecular formula is C28H36BN3O8. The molecule has 40 heavy (non-hydrogen) atoms. The molecule has 11 nitrogen and oxygen atoms in total. The highest BCUT2D eigenvalue weighted by Gasteiger charge is 2.47. The van der Waals surface area contributed by atoms with Gasteiger partial charge in [-0.1, -0.05) is 50.2 Å². The number of hydrogen-bond donors (Lipinski definition) is 3. The van der Waals surface area contributed by atoms with Gasteiger partial charge >= 0.3 is 19.1 Å². The third-order valence-electron chi connectivity index (χ3n) is 6.00. The lowest BCUT2D eigenvalue weighted by molar-refractivity contribution is -0.152. The number of nitrogens with one attached hydrogen (secondary N) is 2. The molecule has 1 saturated heterocycles. The van der Waals surface area contributed by atoms with Gasteiger partial charge in [0.2, 0.25) is 5.91 Å². The molecule has 3 rings (SSSR count). The average molecular weight is 553 g/mol. The molecule has 214 valence electrons. The Bertz CT molecular complexity index is 1190. The maximum Gasteiger partial charge on any atom is 0.552 e. The summed E-state index contributed by atoms with van der Waals surface area (Å²) in [6.07, 6.45) is -2.74. The van der Waals surface area contributed by atoms with E-state index in [-0.39, 0.29) is 24.1 Å². The largest absolute Gasteiger partial charge is 0.552 e. The monoisotopic (exact) mass is 553 g/mol. The number of amides is 2. The molecule has 0 radical (unpaired) electrons. The van der Waals surface area contributed by atoms with Crippen molar-refractivity contribution in [1.82, 2.24) is 15.6 Å². The van der Waals surface area contributed by atoms with E-state index in [0.717, 1.165) is 5.56 Å². The van der Waals surface area contributed by atoms with Crippen LogP contribution < -0.4 is 10.6 Å². The fourth-order valence-corrected chi connectivity index (χ4v) is 4.18. The number of hydrogen-bond acceptors (Lipinski definition) is 9. The van der Waals surface area contributed by atoms with E-state index in [1.165, 1.54) is 13.0 Å². The van der Waals surface area contributed by atoms with E-state index in [2.05, 4.69) is 15.6 Å². The molecule has 12 heteroatoms. The minimum absolute atomic E-state index is 0.0575. The van der Waals surface area contributed by atoms with Gasteiger partial charge in [0.05, 0.1) is 30.3 Å². The Kier molecular flexibility index (Phi) is 10.8. The summed E-state index contributed by atoms with van der Waals surface area (Å²) < 4.78 is 16.1. The lowest BCUT2D eigenvalue weighted by Gasteiger charge is -2.26. The minimum Gasteiger partial charge on any atom is -0.506 e. The molecule has 2 amide bonds. The predicted molar refractivity (Wildman–Crippen MR) is 147 cm³/mol. The topological polar surface area (TPSA) is 153 Å². The smallest absolute Gasteiger partial charge is 0.506 e. The zero-order valence-corrected chi connectivity index (χ0v) is 23.3. The maximum atomic E-state index is 13.3. The third kappa shape index (κ3) is 8.62. The van der Waals surface area contributed by atoms with Crippen LogP contribution >= 0.6 is 0 Å². The van der Waals surface area contributed by atoms with E-state index in [9.17, 15) is 24.3 Å². The van der Waals surface area contributed by atoms with Crippen LogP contribution in [0.1, 0.15) is 57.9 Å². The number of benzene rings is 1. The van der Waals surface area contributed by atoms with Crippen LogP contribution in [0.15, 0.2) is 48.5 Å². The van der Waals surface area contributed by atoms with Crippen molar-refractivity contribution in [3.05, 3.63) is 54.2 Å². The molecule has 0 aliphatic carbocycles. The number of pyridine rings is 1. The summed E-state index contributed by atoms with van der Waals surface area (Å²) >= 11 is 0. The van der Waals surface area contributed by atoms with Gasteiger partial charge in [-0.25, -0.2) is 4.98 Å². The van der Waals surface area contributed by atoms with Crippen molar-refractivity contribution in [3.8, 4) is 11.3 Å². The molecule has 1 unspecified atom stereocenters. The van der Waals surface area contributed by atoms with Crippen LogP contribution in [0.5, 0.6) is 0 Å². The number of aliphatic hydroxyl groups is 1. The van der Waals surface area contributed by atoms with Crippen LogP contribution in [0, 0.1) is 5.92 Å². The molecule has 1 aliphatic rings. The van der Waals surface area contributed by atoms with Gasteiger partial charge in [0.15, 0.2) is 6.10 Å². The lowest BCUT2D eigenvalue weighted by atomic mass is 9.74. The zero-order chi connectivity index (χ0) is 29.4. The van der Waals surface area contributed by atoms with Crippen molar-refractivity contribution in [2.45, 2.75) is 77.8 Å². The first-order chi connectivity index (χ1) is 18.9. The first kappa shape index (κ1) is 30.8. The number of carbonyl (C=O) groups is 4. The quantitative estimate of drug-likeness (QED) is 0.265. The highest BCUT2D eigenvalue weighted by atomic mass is 16.7. The fraction of sp³-hybridized carbons (Fsp3) is 0.464. The first-order valence-electron chi connectivity index (χ1n) is 13.3. The molecular weight excluding hydrogens is 517 g/mol. The van der Waals surface area contributed by atoms with Crippen molar-refractivity contribution in [2.24, 2.45) is 5.92 Å². The van der Waals surface area contributed by atoms with Crippen LogP contribution in [0.2, 0.25) is 0 Å². The number of ether oxygens (including phenoxy) is 1. The van der Waals surface area contributed by atoms with E-state index in [0.29, 0.717) is 12.1 Å². The van der Waals surface area contributed by atoms with Gasteiger partial charge in [0.1, 0.15) is 11.7 Å².